The van der Waals surface area contributed by atoms with Gasteiger partial charge in [0.05, 0.1) is 23.8 Å². The van der Waals surface area contributed by atoms with Crippen LogP contribution in [-0.4, -0.2) is 17.1 Å². The van der Waals surface area contributed by atoms with Crippen LogP contribution < -0.4 is 0 Å². The zero-order valence-corrected chi connectivity index (χ0v) is 17.6. The fraction of sp³-hybridized carbons (Fsp3) is 0.240. The Morgan fingerprint density at radius 2 is 1.87 bits per heavy atom. The quantitative estimate of drug-likeness (QED) is 0.520. The number of esters is 1. The Kier molecular flexibility index (Phi) is 6.52. The minimum atomic E-state index is -1.25. The summed E-state index contributed by atoms with van der Waals surface area (Å²) in [5, 5.41) is 18.7. The lowest BCUT2D eigenvalue weighted by Crippen LogP contribution is -2.11. The van der Waals surface area contributed by atoms with Crippen LogP contribution in [0.3, 0.4) is 0 Å². The average Bonchev–Trinajstić information content (AvgIpc) is 3.04. The van der Waals surface area contributed by atoms with Crippen molar-refractivity contribution in [3.63, 3.8) is 0 Å². The summed E-state index contributed by atoms with van der Waals surface area (Å²) >= 11 is 0. The molecule has 0 bridgehead atoms. The molecule has 31 heavy (non-hydrogen) atoms. The number of nitriles is 2. The summed E-state index contributed by atoms with van der Waals surface area (Å²) in [6, 6.07) is 17.9. The van der Waals surface area contributed by atoms with Crippen LogP contribution in [0.25, 0.3) is 11.1 Å². The highest BCUT2D eigenvalue weighted by Crippen LogP contribution is 2.34. The molecular formula is C25H22FN3O2. The minimum absolute atomic E-state index is 0.150. The van der Waals surface area contributed by atoms with Crippen molar-refractivity contribution in [1.29, 1.82) is 10.5 Å². The second kappa shape index (κ2) is 9.28. The van der Waals surface area contributed by atoms with Gasteiger partial charge in [-0.25, -0.2) is 9.18 Å². The number of carbonyl (C=O) groups is 1. The normalized spacial score (nSPS) is 11.4. The van der Waals surface area contributed by atoms with Crippen molar-refractivity contribution in [1.82, 2.24) is 4.57 Å². The third-order valence-electron chi connectivity index (χ3n) is 5.30. The molecule has 0 amide bonds. The summed E-state index contributed by atoms with van der Waals surface area (Å²) in [5.74, 6) is -0.505. The molecule has 6 heteroatoms. The number of ether oxygens (including phenoxy) is 1. The molecule has 0 aliphatic rings. The maximum Gasteiger partial charge on any atom is 0.355 e. The molecule has 1 heterocycles. The zero-order valence-electron chi connectivity index (χ0n) is 17.6. The van der Waals surface area contributed by atoms with Crippen LogP contribution >= 0.6 is 0 Å². The third kappa shape index (κ3) is 4.34. The second-order valence-electron chi connectivity index (χ2n) is 7.18. The van der Waals surface area contributed by atoms with Crippen molar-refractivity contribution in [2.75, 3.05) is 6.61 Å². The summed E-state index contributed by atoms with van der Waals surface area (Å²) in [5.41, 5.74) is 4.20. The van der Waals surface area contributed by atoms with Gasteiger partial charge in [-0.15, -0.1) is 0 Å². The van der Waals surface area contributed by atoms with E-state index >= 15 is 0 Å². The predicted molar refractivity (Wildman–Crippen MR) is 115 cm³/mol. The van der Waals surface area contributed by atoms with E-state index in [1.165, 1.54) is 0 Å². The number of benzene rings is 2. The lowest BCUT2D eigenvalue weighted by Gasteiger charge is -2.11. The lowest BCUT2D eigenvalue weighted by atomic mass is 9.96. The summed E-state index contributed by atoms with van der Waals surface area (Å²) in [4.78, 5) is 12.5. The smallest absolute Gasteiger partial charge is 0.355 e. The molecule has 1 atom stereocenters. The van der Waals surface area contributed by atoms with E-state index in [1.54, 1.807) is 74.0 Å². The maximum atomic E-state index is 14.9. The van der Waals surface area contributed by atoms with E-state index in [0.717, 1.165) is 5.56 Å². The van der Waals surface area contributed by atoms with Crippen LogP contribution in [0.1, 0.15) is 51.5 Å². The van der Waals surface area contributed by atoms with Gasteiger partial charge in [-0.2, -0.15) is 10.5 Å². The molecule has 0 N–H and O–H groups in total. The second-order valence-corrected chi connectivity index (χ2v) is 7.18. The first-order valence-corrected chi connectivity index (χ1v) is 9.91. The Labute approximate surface area is 180 Å². The van der Waals surface area contributed by atoms with Crippen LogP contribution in [0, 0.1) is 29.6 Å². The summed E-state index contributed by atoms with van der Waals surface area (Å²) in [6.07, 6.45) is -1.10. The van der Waals surface area contributed by atoms with Crippen molar-refractivity contribution in [2.45, 2.75) is 26.4 Å². The van der Waals surface area contributed by atoms with Gasteiger partial charge in [0.1, 0.15) is 17.9 Å². The molecule has 3 aromatic rings. The summed E-state index contributed by atoms with van der Waals surface area (Å²) in [7, 11) is 1.72. The number of hydrogen-bond acceptors (Lipinski definition) is 4. The Hall–Kier alpha value is -3.90. The number of hydrogen-bond donors (Lipinski definition) is 0. The Bertz CT molecular complexity index is 1200. The molecule has 0 spiro atoms. The molecule has 0 saturated heterocycles. The third-order valence-corrected chi connectivity index (χ3v) is 5.30. The van der Waals surface area contributed by atoms with Gasteiger partial charge >= 0.3 is 5.97 Å². The first kappa shape index (κ1) is 21.8. The van der Waals surface area contributed by atoms with Crippen LogP contribution in [0.15, 0.2) is 48.5 Å². The average molecular weight is 415 g/mol. The van der Waals surface area contributed by atoms with Crippen molar-refractivity contribution < 1.29 is 13.9 Å². The van der Waals surface area contributed by atoms with E-state index in [-0.39, 0.29) is 13.0 Å². The van der Waals surface area contributed by atoms with E-state index in [0.29, 0.717) is 39.2 Å². The van der Waals surface area contributed by atoms with Crippen molar-refractivity contribution in [3.05, 3.63) is 82.2 Å². The first-order valence-electron chi connectivity index (χ1n) is 9.91. The lowest BCUT2D eigenvalue weighted by molar-refractivity contribution is 0.0516. The number of alkyl halides is 1. The molecule has 0 aliphatic heterocycles. The summed E-state index contributed by atoms with van der Waals surface area (Å²) in [6.45, 7) is 3.72. The van der Waals surface area contributed by atoms with Crippen molar-refractivity contribution >= 4 is 5.97 Å². The van der Waals surface area contributed by atoms with Crippen molar-refractivity contribution in [3.8, 4) is 23.3 Å². The molecule has 2 aromatic carbocycles. The molecule has 156 valence electrons. The Morgan fingerprint density at radius 3 is 2.48 bits per heavy atom. The SMILES string of the molecule is CCOC(=O)c1c(-c2ccc(C(F)Cc3cccc(C#N)c3)cc2)c(C#N)c(C)n1C. The van der Waals surface area contributed by atoms with Gasteiger partial charge in [0, 0.05) is 24.7 Å². The monoisotopic (exact) mass is 415 g/mol. The largest absolute Gasteiger partial charge is 0.461 e. The topological polar surface area (TPSA) is 78.8 Å². The van der Waals surface area contributed by atoms with Gasteiger partial charge < -0.3 is 9.30 Å². The number of halogens is 1. The fourth-order valence-electron chi connectivity index (χ4n) is 3.61. The van der Waals surface area contributed by atoms with Crippen LogP contribution in [0.2, 0.25) is 0 Å². The number of aromatic nitrogens is 1. The predicted octanol–water partition coefficient (Wildman–Crippen LogP) is 5.17. The van der Waals surface area contributed by atoms with E-state index in [4.69, 9.17) is 10.00 Å². The maximum absolute atomic E-state index is 14.9. The highest BCUT2D eigenvalue weighted by Gasteiger charge is 2.26. The molecule has 1 aromatic heterocycles. The highest BCUT2D eigenvalue weighted by molar-refractivity contribution is 5.98. The number of nitrogens with zero attached hydrogens (tertiary/aromatic N) is 3. The van der Waals surface area contributed by atoms with E-state index in [2.05, 4.69) is 12.1 Å². The minimum Gasteiger partial charge on any atom is -0.461 e. The molecule has 0 aliphatic carbocycles. The Balaban J connectivity index is 1.94. The fourth-order valence-corrected chi connectivity index (χ4v) is 3.61. The van der Waals surface area contributed by atoms with Gasteiger partial charge in [0.15, 0.2) is 0 Å². The molecule has 1 unspecified atom stereocenters. The van der Waals surface area contributed by atoms with Crippen LogP contribution in [0.4, 0.5) is 4.39 Å². The van der Waals surface area contributed by atoms with Gasteiger partial charge in [-0.3, -0.25) is 0 Å². The molecule has 0 saturated carbocycles. The molecule has 0 fully saturated rings. The van der Waals surface area contributed by atoms with Gasteiger partial charge in [-0.1, -0.05) is 36.4 Å². The standard InChI is InChI=1S/C25H22FN3O2/c1-4-31-25(30)24-23(21(15-28)16(2)29(24)3)20-10-8-19(9-11-20)22(26)13-17-6-5-7-18(12-17)14-27/h5-12,22H,4,13H2,1-3H3. The number of carbonyl (C=O) groups excluding carboxylic acids is 1. The van der Waals surface area contributed by atoms with Gasteiger partial charge in [0.25, 0.3) is 0 Å². The van der Waals surface area contributed by atoms with E-state index < -0.39 is 12.1 Å². The van der Waals surface area contributed by atoms with E-state index in [9.17, 15) is 14.4 Å². The highest BCUT2D eigenvalue weighted by atomic mass is 19.1. The number of rotatable bonds is 6. The van der Waals surface area contributed by atoms with Crippen LogP contribution in [0.5, 0.6) is 0 Å². The van der Waals surface area contributed by atoms with Crippen LogP contribution in [-0.2, 0) is 18.2 Å². The Morgan fingerprint density at radius 1 is 1.16 bits per heavy atom. The molecular weight excluding hydrogens is 393 g/mol. The summed E-state index contributed by atoms with van der Waals surface area (Å²) < 4.78 is 21.7. The molecule has 5 nitrogen and oxygen atoms in total. The zero-order chi connectivity index (χ0) is 22.5. The molecule has 0 radical (unpaired) electrons. The van der Waals surface area contributed by atoms with Crippen molar-refractivity contribution in [2.24, 2.45) is 7.05 Å². The van der Waals surface area contributed by atoms with E-state index in [1.807, 2.05) is 0 Å². The first-order chi connectivity index (χ1) is 14.9. The van der Waals surface area contributed by atoms with Gasteiger partial charge in [-0.05, 0) is 42.7 Å². The van der Waals surface area contributed by atoms with Gasteiger partial charge in [0.2, 0.25) is 0 Å². The molecule has 3 rings (SSSR count).